The minimum Gasteiger partial charge on any atom is -0.390 e. The molecular formula is C19H22F3N3O4S. The molecule has 0 aromatic heterocycles. The third kappa shape index (κ3) is 4.29. The highest BCUT2D eigenvalue weighted by molar-refractivity contribution is 8.15. The lowest BCUT2D eigenvalue weighted by Gasteiger charge is -2.40. The predicted molar refractivity (Wildman–Crippen MR) is 105 cm³/mol. The van der Waals surface area contributed by atoms with E-state index in [1.807, 2.05) is 0 Å². The summed E-state index contributed by atoms with van der Waals surface area (Å²) in [4.78, 5) is 19.1. The molecule has 1 aliphatic carbocycles. The number of ether oxygens (including phenoxy) is 1. The third-order valence-corrected chi connectivity index (χ3v) is 6.88. The van der Waals surface area contributed by atoms with Crippen molar-refractivity contribution in [3.05, 3.63) is 29.8 Å². The van der Waals surface area contributed by atoms with Crippen LogP contribution in [0.1, 0.15) is 12.0 Å². The van der Waals surface area contributed by atoms with Gasteiger partial charge in [-0.3, -0.25) is 9.79 Å². The summed E-state index contributed by atoms with van der Waals surface area (Å²) >= 11 is 1.22. The van der Waals surface area contributed by atoms with Gasteiger partial charge in [0.25, 0.3) is 0 Å². The molecule has 1 amide bonds. The number of aliphatic hydroxyl groups is 2. The van der Waals surface area contributed by atoms with Gasteiger partial charge in [0.2, 0.25) is 5.91 Å². The van der Waals surface area contributed by atoms with E-state index in [9.17, 15) is 28.2 Å². The number of nitrogens with one attached hydrogen (secondary N) is 1. The molecule has 1 saturated heterocycles. The van der Waals surface area contributed by atoms with Gasteiger partial charge < -0.3 is 25.2 Å². The number of halogens is 3. The van der Waals surface area contributed by atoms with Crippen LogP contribution in [0.15, 0.2) is 29.3 Å². The Morgan fingerprint density at radius 1 is 1.27 bits per heavy atom. The minimum absolute atomic E-state index is 0.109. The van der Waals surface area contributed by atoms with E-state index in [1.54, 1.807) is 4.90 Å². The number of amidine groups is 1. The first-order chi connectivity index (χ1) is 14.2. The summed E-state index contributed by atoms with van der Waals surface area (Å²) in [5.74, 6) is -0.677. The van der Waals surface area contributed by atoms with Crippen molar-refractivity contribution in [1.82, 2.24) is 4.90 Å². The van der Waals surface area contributed by atoms with Gasteiger partial charge in [0.05, 0.1) is 36.8 Å². The molecule has 2 aliphatic heterocycles. The number of carbonyl (C=O) groups is 1. The lowest BCUT2D eigenvalue weighted by molar-refractivity contribution is -0.144. The quantitative estimate of drug-likeness (QED) is 0.640. The fourth-order valence-corrected chi connectivity index (χ4v) is 5.38. The zero-order chi connectivity index (χ0) is 21.5. The number of thioether (sulfide) groups is 1. The Morgan fingerprint density at radius 2 is 2.00 bits per heavy atom. The van der Waals surface area contributed by atoms with Gasteiger partial charge in [-0.05, 0) is 24.6 Å². The third-order valence-electron chi connectivity index (χ3n) is 5.57. The highest BCUT2D eigenvalue weighted by atomic mass is 32.2. The molecule has 0 spiro atoms. The number of rotatable bonds is 2. The number of fused-ring (bicyclic) bond motifs is 1. The van der Waals surface area contributed by atoms with E-state index in [0.717, 1.165) is 12.1 Å². The Bertz CT molecular complexity index is 831. The number of aliphatic hydroxyl groups excluding tert-OH is 2. The summed E-state index contributed by atoms with van der Waals surface area (Å²) in [5, 5.41) is 23.4. The van der Waals surface area contributed by atoms with E-state index in [0.29, 0.717) is 31.5 Å². The van der Waals surface area contributed by atoms with Crippen LogP contribution >= 0.6 is 11.8 Å². The molecule has 30 heavy (non-hydrogen) atoms. The van der Waals surface area contributed by atoms with Gasteiger partial charge in [0.1, 0.15) is 6.10 Å². The van der Waals surface area contributed by atoms with Crippen LogP contribution in [0.3, 0.4) is 0 Å². The highest BCUT2D eigenvalue weighted by Gasteiger charge is 2.51. The van der Waals surface area contributed by atoms with E-state index in [2.05, 4.69) is 10.3 Å². The second-order valence-electron chi connectivity index (χ2n) is 7.55. The molecule has 164 valence electrons. The molecule has 4 rings (SSSR count). The number of morpholine rings is 1. The molecule has 5 unspecified atom stereocenters. The molecular weight excluding hydrogens is 423 g/mol. The fourth-order valence-electron chi connectivity index (χ4n) is 4.01. The molecule has 0 radical (unpaired) electrons. The molecule has 2 heterocycles. The van der Waals surface area contributed by atoms with Crippen LogP contribution in [0.4, 0.5) is 18.9 Å². The zero-order valence-corrected chi connectivity index (χ0v) is 16.7. The summed E-state index contributed by atoms with van der Waals surface area (Å²) in [5.41, 5.74) is -0.579. The summed E-state index contributed by atoms with van der Waals surface area (Å²) in [7, 11) is 0. The van der Waals surface area contributed by atoms with Gasteiger partial charge in [0, 0.05) is 24.0 Å². The smallest absolute Gasteiger partial charge is 0.390 e. The van der Waals surface area contributed by atoms with Crippen LogP contribution in [0.5, 0.6) is 0 Å². The summed E-state index contributed by atoms with van der Waals surface area (Å²) < 4.78 is 44.2. The fraction of sp³-hybridized carbons (Fsp3) is 0.579. The molecule has 0 bridgehead atoms. The Morgan fingerprint density at radius 3 is 2.70 bits per heavy atom. The largest absolute Gasteiger partial charge is 0.416 e. The number of carbonyl (C=O) groups excluding carboxylic acids is 1. The van der Waals surface area contributed by atoms with Gasteiger partial charge >= 0.3 is 6.18 Å². The maximum Gasteiger partial charge on any atom is 0.416 e. The molecule has 1 aromatic rings. The first-order valence-electron chi connectivity index (χ1n) is 9.65. The van der Waals surface area contributed by atoms with E-state index >= 15 is 0 Å². The number of nitrogens with zero attached hydrogens (tertiary/aromatic N) is 2. The van der Waals surface area contributed by atoms with Crippen LogP contribution in [0.25, 0.3) is 0 Å². The van der Waals surface area contributed by atoms with Crippen LogP contribution in [-0.2, 0) is 15.7 Å². The van der Waals surface area contributed by atoms with Gasteiger partial charge in [-0.1, -0.05) is 17.8 Å². The first-order valence-corrected chi connectivity index (χ1v) is 10.5. The maximum absolute atomic E-state index is 13.0. The van der Waals surface area contributed by atoms with Gasteiger partial charge in [0.15, 0.2) is 5.17 Å². The lowest BCUT2D eigenvalue weighted by Crippen LogP contribution is -2.55. The van der Waals surface area contributed by atoms with Gasteiger partial charge in [-0.15, -0.1) is 0 Å². The second kappa shape index (κ2) is 8.37. The molecule has 1 aromatic carbocycles. The van der Waals surface area contributed by atoms with Crippen molar-refractivity contribution in [2.45, 2.75) is 36.1 Å². The summed E-state index contributed by atoms with van der Waals surface area (Å²) in [6, 6.07) is 4.02. The Labute approximate surface area is 175 Å². The molecule has 5 atom stereocenters. The average Bonchev–Trinajstić information content (AvgIpc) is 3.14. The van der Waals surface area contributed by atoms with Crippen molar-refractivity contribution in [2.24, 2.45) is 10.9 Å². The molecule has 7 nitrogen and oxygen atoms in total. The summed E-state index contributed by atoms with van der Waals surface area (Å²) in [6.45, 7) is 1.83. The highest BCUT2D eigenvalue weighted by Crippen LogP contribution is 2.42. The molecule has 1 saturated carbocycles. The molecule has 11 heteroatoms. The van der Waals surface area contributed by atoms with Crippen LogP contribution in [0.2, 0.25) is 0 Å². The van der Waals surface area contributed by atoms with Crippen molar-refractivity contribution in [2.75, 3.05) is 31.6 Å². The van der Waals surface area contributed by atoms with Crippen LogP contribution in [-0.4, -0.2) is 76.0 Å². The van der Waals surface area contributed by atoms with Crippen LogP contribution < -0.4 is 5.32 Å². The van der Waals surface area contributed by atoms with Crippen molar-refractivity contribution in [3.8, 4) is 0 Å². The Balaban J connectivity index is 1.51. The van der Waals surface area contributed by atoms with Gasteiger partial charge in [-0.2, -0.15) is 13.2 Å². The number of alkyl halides is 3. The van der Waals surface area contributed by atoms with Crippen molar-refractivity contribution in [3.63, 3.8) is 0 Å². The number of hydrogen-bond acceptors (Lipinski definition) is 7. The molecule has 3 aliphatic rings. The van der Waals surface area contributed by atoms with Crippen LogP contribution in [0, 0.1) is 5.92 Å². The number of hydrogen-bond donors (Lipinski definition) is 3. The second-order valence-corrected chi connectivity index (χ2v) is 8.72. The predicted octanol–water partition coefficient (Wildman–Crippen LogP) is 1.56. The number of amides is 1. The SMILES string of the molecule is O=C(C1CC(O)C(O)C2N=C(Nc3cccc(C(F)(F)F)c3)SC12)N1CCOCC1. The number of anilines is 1. The molecule has 2 fully saturated rings. The summed E-state index contributed by atoms with van der Waals surface area (Å²) in [6.07, 6.45) is -6.60. The standard InChI is InChI=1S/C19H22F3N3O4S/c20-19(21,22)10-2-1-3-11(8-10)23-18-24-14-15(27)13(26)9-12(16(14)30-18)17(28)25-4-6-29-7-5-25/h1-3,8,12-16,26-27H,4-7,9H2,(H,23,24). The normalized spacial score (nSPS) is 31.8. The molecule has 3 N–H and O–H groups in total. The zero-order valence-electron chi connectivity index (χ0n) is 15.9. The minimum atomic E-state index is -4.47. The van der Waals surface area contributed by atoms with E-state index in [4.69, 9.17) is 4.74 Å². The Kier molecular flexibility index (Phi) is 5.97. The topological polar surface area (TPSA) is 94.4 Å². The number of aliphatic imine (C=N–C) groups is 1. The van der Waals surface area contributed by atoms with E-state index < -0.39 is 41.2 Å². The average molecular weight is 445 g/mol. The lowest BCUT2D eigenvalue weighted by atomic mass is 9.80. The van der Waals surface area contributed by atoms with Crippen molar-refractivity contribution < 1.29 is 32.9 Å². The van der Waals surface area contributed by atoms with Crippen molar-refractivity contribution >= 4 is 28.5 Å². The monoisotopic (exact) mass is 445 g/mol. The first kappa shape index (κ1) is 21.4. The maximum atomic E-state index is 13.0. The van der Waals surface area contributed by atoms with Crippen molar-refractivity contribution in [1.29, 1.82) is 0 Å². The van der Waals surface area contributed by atoms with E-state index in [-0.39, 0.29) is 18.0 Å². The van der Waals surface area contributed by atoms with E-state index in [1.165, 1.54) is 23.9 Å². The Hall–Kier alpha value is -1.82. The van der Waals surface area contributed by atoms with Gasteiger partial charge in [-0.25, -0.2) is 0 Å². The number of benzene rings is 1.